The summed E-state index contributed by atoms with van der Waals surface area (Å²) < 4.78 is 77.9. The Morgan fingerprint density at radius 3 is 2.00 bits per heavy atom. The van der Waals surface area contributed by atoms with Gasteiger partial charge in [-0.25, -0.2) is 4.79 Å². The molecule has 0 amide bonds. The van der Waals surface area contributed by atoms with Crippen molar-refractivity contribution in [3.05, 3.63) is 0 Å². The van der Waals surface area contributed by atoms with Gasteiger partial charge in [-0.1, -0.05) is 0 Å². The molecule has 0 atom stereocenters. The Morgan fingerprint density at radius 2 is 1.61 bits per heavy atom. The fourth-order valence-corrected chi connectivity index (χ4v) is 1.70. The molecule has 1 rings (SSSR count). The molecule has 1 aliphatic rings. The fourth-order valence-electron chi connectivity index (χ4n) is 1.70. The van der Waals surface area contributed by atoms with Gasteiger partial charge in [0.15, 0.2) is 0 Å². The van der Waals surface area contributed by atoms with Gasteiger partial charge in [-0.3, -0.25) is 0 Å². The summed E-state index contributed by atoms with van der Waals surface area (Å²) in [7, 11) is 0. The number of carbonyl (C=O) groups is 1. The Morgan fingerprint density at radius 1 is 1.11 bits per heavy atom. The molecule has 1 aliphatic heterocycles. The van der Waals surface area contributed by atoms with Crippen molar-refractivity contribution in [2.24, 2.45) is 5.41 Å². The molecule has 1 heterocycles. The summed E-state index contributed by atoms with van der Waals surface area (Å²) >= 11 is 0. The standard InChI is InChI=1S/C9H11F6NO2/c10-8(11,12)6(17)18-5-7(9(13,14)15)1-3-16-4-2-7/h16H,1-5H2. The second kappa shape index (κ2) is 4.94. The third-order valence-corrected chi connectivity index (χ3v) is 2.87. The van der Waals surface area contributed by atoms with Crippen LogP contribution in [0.5, 0.6) is 0 Å². The van der Waals surface area contributed by atoms with Crippen molar-refractivity contribution in [1.82, 2.24) is 5.32 Å². The molecule has 18 heavy (non-hydrogen) atoms. The van der Waals surface area contributed by atoms with Gasteiger partial charge >= 0.3 is 18.3 Å². The second-order valence-electron chi connectivity index (χ2n) is 4.10. The molecule has 1 N–H and O–H groups in total. The third kappa shape index (κ3) is 3.27. The number of nitrogens with one attached hydrogen (secondary N) is 1. The van der Waals surface area contributed by atoms with Crippen molar-refractivity contribution in [3.8, 4) is 0 Å². The van der Waals surface area contributed by atoms with E-state index >= 15 is 0 Å². The van der Waals surface area contributed by atoms with Crippen LogP contribution in [0.25, 0.3) is 0 Å². The number of rotatable bonds is 2. The smallest absolute Gasteiger partial charge is 0.458 e. The van der Waals surface area contributed by atoms with E-state index in [0.717, 1.165) is 0 Å². The zero-order valence-electron chi connectivity index (χ0n) is 9.12. The average molecular weight is 279 g/mol. The highest BCUT2D eigenvalue weighted by molar-refractivity contribution is 5.75. The second-order valence-corrected chi connectivity index (χ2v) is 4.10. The Balaban J connectivity index is 2.72. The molecular weight excluding hydrogens is 268 g/mol. The molecule has 0 aromatic heterocycles. The lowest BCUT2D eigenvalue weighted by Gasteiger charge is -2.38. The molecule has 106 valence electrons. The Hall–Kier alpha value is -0.990. The Kier molecular flexibility index (Phi) is 4.14. The molecular formula is C9H11F6NO2. The highest BCUT2D eigenvalue weighted by Gasteiger charge is 2.56. The van der Waals surface area contributed by atoms with Gasteiger partial charge in [0.25, 0.3) is 0 Å². The maximum Gasteiger partial charge on any atom is 0.490 e. The fraction of sp³-hybridized carbons (Fsp3) is 0.889. The van der Waals surface area contributed by atoms with Crippen LogP contribution >= 0.6 is 0 Å². The zero-order valence-corrected chi connectivity index (χ0v) is 9.12. The number of carbonyl (C=O) groups excluding carboxylic acids is 1. The first-order valence-electron chi connectivity index (χ1n) is 5.10. The normalized spacial score (nSPS) is 20.6. The van der Waals surface area contributed by atoms with E-state index in [2.05, 4.69) is 10.1 Å². The molecule has 9 heteroatoms. The highest BCUT2D eigenvalue weighted by Crippen LogP contribution is 2.45. The van der Waals surface area contributed by atoms with Gasteiger partial charge in [-0.2, -0.15) is 26.3 Å². The van der Waals surface area contributed by atoms with Gasteiger partial charge in [-0.15, -0.1) is 0 Å². The van der Waals surface area contributed by atoms with Crippen molar-refractivity contribution in [2.45, 2.75) is 25.2 Å². The minimum atomic E-state index is -5.28. The molecule has 1 fully saturated rings. The molecule has 0 aromatic carbocycles. The average Bonchev–Trinajstić information content (AvgIpc) is 2.24. The van der Waals surface area contributed by atoms with Gasteiger partial charge in [0.05, 0.1) is 0 Å². The molecule has 0 saturated carbocycles. The van der Waals surface area contributed by atoms with Gasteiger partial charge in [0.2, 0.25) is 0 Å². The van der Waals surface area contributed by atoms with Gasteiger partial charge in [0, 0.05) is 0 Å². The maximum absolute atomic E-state index is 12.8. The quantitative estimate of drug-likeness (QED) is 0.621. The molecule has 0 aromatic rings. The number of piperidine rings is 1. The van der Waals surface area contributed by atoms with Crippen molar-refractivity contribution in [3.63, 3.8) is 0 Å². The molecule has 0 spiro atoms. The predicted octanol–water partition coefficient (Wildman–Crippen LogP) is 2.02. The van der Waals surface area contributed by atoms with Crippen LogP contribution in [0.15, 0.2) is 0 Å². The molecule has 3 nitrogen and oxygen atoms in total. The van der Waals surface area contributed by atoms with Crippen LogP contribution < -0.4 is 5.32 Å². The zero-order chi connectivity index (χ0) is 14.0. The summed E-state index contributed by atoms with van der Waals surface area (Å²) in [6.07, 6.45) is -10.8. The summed E-state index contributed by atoms with van der Waals surface area (Å²) in [6.45, 7) is -1.26. The van der Waals surface area contributed by atoms with Crippen molar-refractivity contribution in [1.29, 1.82) is 0 Å². The summed E-state index contributed by atoms with van der Waals surface area (Å²) in [5, 5.41) is 2.67. The number of halogens is 6. The summed E-state index contributed by atoms with van der Waals surface area (Å²) in [5.74, 6) is -2.59. The van der Waals surface area contributed by atoms with Crippen LogP contribution in [-0.2, 0) is 9.53 Å². The van der Waals surface area contributed by atoms with Crippen LogP contribution in [0.3, 0.4) is 0 Å². The van der Waals surface area contributed by atoms with Gasteiger partial charge < -0.3 is 10.1 Å². The van der Waals surface area contributed by atoms with Crippen molar-refractivity contribution in [2.75, 3.05) is 19.7 Å². The van der Waals surface area contributed by atoms with Gasteiger partial charge in [-0.05, 0) is 25.9 Å². The van der Waals surface area contributed by atoms with E-state index in [0.29, 0.717) is 0 Å². The first-order valence-corrected chi connectivity index (χ1v) is 5.10. The van der Waals surface area contributed by atoms with Crippen molar-refractivity contribution >= 4 is 5.97 Å². The number of alkyl halides is 6. The predicted molar refractivity (Wildman–Crippen MR) is 47.6 cm³/mol. The largest absolute Gasteiger partial charge is 0.490 e. The van der Waals surface area contributed by atoms with E-state index in [9.17, 15) is 31.1 Å². The lowest BCUT2D eigenvalue weighted by atomic mass is 9.79. The van der Waals surface area contributed by atoms with E-state index < -0.39 is 43.2 Å². The Labute approximate surface area is 98.5 Å². The molecule has 0 bridgehead atoms. The monoisotopic (exact) mass is 279 g/mol. The number of esters is 1. The summed E-state index contributed by atoms with van der Waals surface area (Å²) in [5.41, 5.74) is -2.39. The Bertz CT molecular complexity index is 305. The van der Waals surface area contributed by atoms with Crippen LogP contribution in [-0.4, -0.2) is 38.0 Å². The number of ether oxygens (including phenoxy) is 1. The molecule has 1 saturated heterocycles. The minimum absolute atomic E-state index is 0.0169. The molecule has 0 aliphatic carbocycles. The highest BCUT2D eigenvalue weighted by atomic mass is 19.4. The van der Waals surface area contributed by atoms with E-state index in [4.69, 9.17) is 0 Å². The lowest BCUT2D eigenvalue weighted by molar-refractivity contribution is -0.254. The summed E-state index contributed by atoms with van der Waals surface area (Å²) in [6, 6.07) is 0. The van der Waals surface area contributed by atoms with E-state index in [1.54, 1.807) is 0 Å². The van der Waals surface area contributed by atoms with E-state index in [1.807, 2.05) is 0 Å². The molecule has 0 unspecified atom stereocenters. The van der Waals surface area contributed by atoms with Crippen molar-refractivity contribution < 1.29 is 35.9 Å². The van der Waals surface area contributed by atoms with Gasteiger partial charge in [0.1, 0.15) is 12.0 Å². The first-order chi connectivity index (χ1) is 8.08. The SMILES string of the molecule is O=C(OCC1(C(F)(F)F)CCNCC1)C(F)(F)F. The maximum atomic E-state index is 12.8. The van der Waals surface area contributed by atoms with Crippen LogP contribution in [0.2, 0.25) is 0 Å². The van der Waals surface area contributed by atoms with Crippen LogP contribution in [0, 0.1) is 5.41 Å². The summed E-state index contributed by atoms with van der Waals surface area (Å²) in [4.78, 5) is 10.4. The number of hydrogen-bond acceptors (Lipinski definition) is 3. The minimum Gasteiger partial charge on any atom is -0.458 e. The van der Waals surface area contributed by atoms with E-state index in [-0.39, 0.29) is 13.1 Å². The third-order valence-electron chi connectivity index (χ3n) is 2.87. The van der Waals surface area contributed by atoms with Crippen LogP contribution in [0.1, 0.15) is 12.8 Å². The first kappa shape index (κ1) is 15.1. The van der Waals surface area contributed by atoms with E-state index in [1.165, 1.54) is 0 Å². The molecule has 0 radical (unpaired) electrons. The number of hydrogen-bond donors (Lipinski definition) is 1. The van der Waals surface area contributed by atoms with Crippen LogP contribution in [0.4, 0.5) is 26.3 Å². The lowest BCUT2D eigenvalue weighted by Crippen LogP contribution is -2.50. The topological polar surface area (TPSA) is 38.3 Å².